The Morgan fingerprint density at radius 1 is 1.28 bits per heavy atom. The summed E-state index contributed by atoms with van der Waals surface area (Å²) in [6, 6.07) is 11.2. The van der Waals surface area contributed by atoms with Crippen LogP contribution < -0.4 is 15.0 Å². The standard InChI is InChI=1S/C22H22FN5O3S/c1-13-8-9-15(23)10-16(13)24-19(29)12-32-22-26-25-21(27(22)3)14(2)28-17-6-4-5-7-18(17)31-11-20(28)30/h4-10,14H,11-12H2,1-3H3,(H,24,29)/t14-/m0/s1. The third kappa shape index (κ3) is 4.31. The zero-order valence-electron chi connectivity index (χ0n) is 17.8. The summed E-state index contributed by atoms with van der Waals surface area (Å²) in [5.41, 5.74) is 1.89. The molecule has 0 aliphatic carbocycles. The number of benzene rings is 2. The van der Waals surface area contributed by atoms with Gasteiger partial charge in [0, 0.05) is 12.7 Å². The molecule has 32 heavy (non-hydrogen) atoms. The summed E-state index contributed by atoms with van der Waals surface area (Å²) in [5, 5.41) is 11.7. The van der Waals surface area contributed by atoms with Gasteiger partial charge >= 0.3 is 0 Å². The molecule has 2 amide bonds. The number of amides is 2. The van der Waals surface area contributed by atoms with Crippen LogP contribution in [-0.2, 0) is 16.6 Å². The highest BCUT2D eigenvalue weighted by Gasteiger charge is 2.32. The lowest BCUT2D eigenvalue weighted by molar-refractivity contribution is -0.121. The van der Waals surface area contributed by atoms with Gasteiger partial charge in [0.2, 0.25) is 5.91 Å². The number of carbonyl (C=O) groups is 2. The first-order chi connectivity index (χ1) is 15.3. The Balaban J connectivity index is 1.46. The number of hydrogen-bond acceptors (Lipinski definition) is 6. The van der Waals surface area contributed by atoms with Crippen molar-refractivity contribution in [3.8, 4) is 5.75 Å². The monoisotopic (exact) mass is 455 g/mol. The maximum absolute atomic E-state index is 13.4. The summed E-state index contributed by atoms with van der Waals surface area (Å²) >= 11 is 1.21. The molecule has 1 atom stereocenters. The van der Waals surface area contributed by atoms with Crippen molar-refractivity contribution in [2.24, 2.45) is 7.05 Å². The first-order valence-electron chi connectivity index (χ1n) is 9.97. The van der Waals surface area contributed by atoms with E-state index in [0.717, 1.165) is 5.56 Å². The molecule has 1 aromatic heterocycles. The Hall–Kier alpha value is -3.40. The number of carbonyl (C=O) groups excluding carboxylic acids is 2. The third-order valence-electron chi connectivity index (χ3n) is 5.18. The van der Waals surface area contributed by atoms with Crippen LogP contribution in [0.1, 0.15) is 24.4 Å². The Kier molecular flexibility index (Phi) is 6.13. The minimum Gasteiger partial charge on any atom is -0.482 e. The average Bonchev–Trinajstić information content (AvgIpc) is 3.14. The maximum atomic E-state index is 13.4. The molecular weight excluding hydrogens is 433 g/mol. The van der Waals surface area contributed by atoms with Crippen LogP contribution in [0, 0.1) is 12.7 Å². The third-order valence-corrected chi connectivity index (χ3v) is 6.20. The fourth-order valence-electron chi connectivity index (χ4n) is 3.52. The molecule has 1 aliphatic rings. The Labute approximate surface area is 188 Å². The second-order valence-corrected chi connectivity index (χ2v) is 8.33. The number of aryl methyl sites for hydroxylation is 1. The van der Waals surface area contributed by atoms with Gasteiger partial charge in [-0.2, -0.15) is 0 Å². The van der Waals surface area contributed by atoms with Crippen LogP contribution >= 0.6 is 11.8 Å². The second-order valence-electron chi connectivity index (χ2n) is 7.39. The second kappa shape index (κ2) is 8.99. The summed E-state index contributed by atoms with van der Waals surface area (Å²) < 4.78 is 20.7. The summed E-state index contributed by atoms with van der Waals surface area (Å²) in [4.78, 5) is 26.6. The molecular formula is C22H22FN5O3S. The molecule has 4 rings (SSSR count). The van der Waals surface area contributed by atoms with Crippen LogP contribution in [0.15, 0.2) is 47.6 Å². The molecule has 0 saturated heterocycles. The van der Waals surface area contributed by atoms with E-state index in [4.69, 9.17) is 4.74 Å². The van der Waals surface area contributed by atoms with Crippen LogP contribution in [0.4, 0.5) is 15.8 Å². The molecule has 2 aromatic carbocycles. The molecule has 10 heteroatoms. The molecule has 1 aliphatic heterocycles. The number of nitrogens with zero attached hydrogens (tertiary/aromatic N) is 4. The number of halogens is 1. The van der Waals surface area contributed by atoms with E-state index in [1.165, 1.54) is 23.9 Å². The Bertz CT molecular complexity index is 1180. The molecule has 0 saturated carbocycles. The van der Waals surface area contributed by atoms with E-state index in [-0.39, 0.29) is 30.2 Å². The largest absolute Gasteiger partial charge is 0.482 e. The molecule has 0 spiro atoms. The van der Waals surface area contributed by atoms with Crippen LogP contribution in [0.3, 0.4) is 0 Å². The minimum atomic E-state index is -0.412. The number of thioether (sulfide) groups is 1. The van der Waals surface area contributed by atoms with Crippen LogP contribution in [0.25, 0.3) is 0 Å². The molecule has 8 nitrogen and oxygen atoms in total. The number of rotatable bonds is 6. The normalized spacial score (nSPS) is 14.0. The molecule has 0 unspecified atom stereocenters. The first kappa shape index (κ1) is 21.8. The van der Waals surface area contributed by atoms with Gasteiger partial charge in [0.1, 0.15) is 11.6 Å². The smallest absolute Gasteiger partial charge is 0.265 e. The SMILES string of the molecule is Cc1ccc(F)cc1NC(=O)CSc1nnc([C@H](C)N2C(=O)COc3ccccc32)n1C. The van der Waals surface area contributed by atoms with Gasteiger partial charge in [-0.25, -0.2) is 4.39 Å². The van der Waals surface area contributed by atoms with E-state index in [0.29, 0.717) is 28.1 Å². The highest BCUT2D eigenvalue weighted by atomic mass is 32.2. The van der Waals surface area contributed by atoms with Gasteiger partial charge in [0.15, 0.2) is 17.6 Å². The van der Waals surface area contributed by atoms with Crippen molar-refractivity contribution in [3.05, 3.63) is 59.7 Å². The van der Waals surface area contributed by atoms with Crippen molar-refractivity contribution < 1.29 is 18.7 Å². The number of hydrogen-bond donors (Lipinski definition) is 1. The molecule has 3 aromatic rings. The zero-order valence-corrected chi connectivity index (χ0v) is 18.6. The van der Waals surface area contributed by atoms with Gasteiger partial charge in [0.25, 0.3) is 5.91 Å². The lowest BCUT2D eigenvalue weighted by atomic mass is 10.1. The van der Waals surface area contributed by atoms with E-state index in [2.05, 4.69) is 15.5 Å². The zero-order chi connectivity index (χ0) is 22.8. The fraction of sp³-hybridized carbons (Fsp3) is 0.273. The number of aromatic nitrogens is 3. The van der Waals surface area contributed by atoms with Crippen LogP contribution in [0.5, 0.6) is 5.75 Å². The lowest BCUT2D eigenvalue weighted by Gasteiger charge is -2.33. The minimum absolute atomic E-state index is 0.0412. The Morgan fingerprint density at radius 3 is 2.88 bits per heavy atom. The molecule has 2 heterocycles. The highest BCUT2D eigenvalue weighted by molar-refractivity contribution is 7.99. The van der Waals surface area contributed by atoms with Gasteiger partial charge in [-0.05, 0) is 43.7 Å². The van der Waals surface area contributed by atoms with Gasteiger partial charge in [-0.15, -0.1) is 10.2 Å². The Morgan fingerprint density at radius 2 is 2.06 bits per heavy atom. The van der Waals surface area contributed by atoms with Crippen LogP contribution in [0.2, 0.25) is 0 Å². The van der Waals surface area contributed by atoms with Crippen molar-refractivity contribution >= 4 is 35.0 Å². The average molecular weight is 456 g/mol. The summed E-state index contributed by atoms with van der Waals surface area (Å²) in [5.74, 6) is 0.441. The van der Waals surface area contributed by atoms with E-state index < -0.39 is 5.82 Å². The molecule has 0 fully saturated rings. The van der Waals surface area contributed by atoms with Gasteiger partial charge < -0.3 is 14.6 Å². The molecule has 166 valence electrons. The van der Waals surface area contributed by atoms with E-state index in [1.54, 1.807) is 29.5 Å². The van der Waals surface area contributed by atoms with Crippen molar-refractivity contribution in [1.82, 2.24) is 14.8 Å². The van der Waals surface area contributed by atoms with Gasteiger partial charge in [-0.3, -0.25) is 14.5 Å². The van der Waals surface area contributed by atoms with E-state index in [1.807, 2.05) is 31.2 Å². The van der Waals surface area contributed by atoms with Gasteiger partial charge in [-0.1, -0.05) is 30.0 Å². The topological polar surface area (TPSA) is 89.3 Å². The summed E-state index contributed by atoms with van der Waals surface area (Å²) in [6.07, 6.45) is 0. The number of fused-ring (bicyclic) bond motifs is 1. The predicted octanol–water partition coefficient (Wildman–Crippen LogP) is 3.48. The number of anilines is 2. The first-order valence-corrected chi connectivity index (χ1v) is 11.0. The van der Waals surface area contributed by atoms with Gasteiger partial charge in [0.05, 0.1) is 17.5 Å². The van der Waals surface area contributed by atoms with E-state index in [9.17, 15) is 14.0 Å². The lowest BCUT2D eigenvalue weighted by Crippen LogP contribution is -2.41. The maximum Gasteiger partial charge on any atom is 0.265 e. The molecule has 1 N–H and O–H groups in total. The van der Waals surface area contributed by atoms with Crippen LogP contribution in [-0.4, -0.2) is 38.9 Å². The van der Waals surface area contributed by atoms with E-state index >= 15 is 0 Å². The molecule has 0 radical (unpaired) electrons. The quantitative estimate of drug-likeness (QED) is 0.573. The fourth-order valence-corrected chi connectivity index (χ4v) is 4.24. The predicted molar refractivity (Wildman–Crippen MR) is 119 cm³/mol. The number of ether oxygens (including phenoxy) is 1. The number of nitrogens with one attached hydrogen (secondary N) is 1. The van der Waals surface area contributed by atoms with Crippen molar-refractivity contribution in [2.45, 2.75) is 25.0 Å². The van der Waals surface area contributed by atoms with Crippen molar-refractivity contribution in [3.63, 3.8) is 0 Å². The summed E-state index contributed by atoms with van der Waals surface area (Å²) in [6.45, 7) is 3.63. The summed E-state index contributed by atoms with van der Waals surface area (Å²) in [7, 11) is 1.79. The highest BCUT2D eigenvalue weighted by Crippen LogP contribution is 2.37. The van der Waals surface area contributed by atoms with Crippen molar-refractivity contribution in [1.29, 1.82) is 0 Å². The molecule has 0 bridgehead atoms. The number of para-hydroxylation sites is 2. The van der Waals surface area contributed by atoms with Crippen molar-refractivity contribution in [2.75, 3.05) is 22.6 Å².